The third-order valence-corrected chi connectivity index (χ3v) is 3.00. The molecule has 0 heterocycles. The predicted octanol–water partition coefficient (Wildman–Crippen LogP) is 4.46. The second kappa shape index (κ2) is 5.69. The minimum atomic E-state index is -0.0209. The first kappa shape index (κ1) is 12.8. The van der Waals surface area contributed by atoms with Crippen molar-refractivity contribution >= 4 is 27.5 Å². The fraction of sp³-hybridized carbons (Fsp3) is 0.333. The van der Waals surface area contributed by atoms with Crippen molar-refractivity contribution in [1.29, 1.82) is 0 Å². The van der Waals surface area contributed by atoms with E-state index in [1.54, 1.807) is 0 Å². The van der Waals surface area contributed by atoms with Crippen molar-refractivity contribution in [3.05, 3.63) is 45.4 Å². The Balaban J connectivity index is 2.81. The molecule has 0 bridgehead atoms. The van der Waals surface area contributed by atoms with Crippen molar-refractivity contribution in [2.45, 2.75) is 25.8 Å². The fourth-order valence-electron chi connectivity index (χ4n) is 1.36. The fourth-order valence-corrected chi connectivity index (χ4v) is 2.25. The van der Waals surface area contributed by atoms with E-state index in [1.807, 2.05) is 18.2 Å². The highest BCUT2D eigenvalue weighted by Crippen LogP contribution is 2.26. The van der Waals surface area contributed by atoms with Gasteiger partial charge in [-0.25, -0.2) is 0 Å². The van der Waals surface area contributed by atoms with Crippen molar-refractivity contribution in [2.75, 3.05) is 0 Å². The Morgan fingerprint density at radius 3 is 2.73 bits per heavy atom. The van der Waals surface area contributed by atoms with Crippen molar-refractivity contribution < 1.29 is 0 Å². The summed E-state index contributed by atoms with van der Waals surface area (Å²) in [5.74, 6) is 0. The standard InChI is InChI=1S/C12H15BrClN/c1-3-8(2)4-12(15)9-5-10(13)7-11(14)6-9/h5-7,12H,2-4,15H2,1H3. The van der Waals surface area contributed by atoms with Gasteiger partial charge in [-0.3, -0.25) is 0 Å². The molecule has 2 N–H and O–H groups in total. The lowest BCUT2D eigenvalue weighted by Crippen LogP contribution is -2.10. The topological polar surface area (TPSA) is 26.0 Å². The maximum absolute atomic E-state index is 6.07. The number of hydrogen-bond donors (Lipinski definition) is 1. The lowest BCUT2D eigenvalue weighted by Gasteiger charge is -2.13. The molecule has 0 aliphatic heterocycles. The summed E-state index contributed by atoms with van der Waals surface area (Å²) in [5.41, 5.74) is 8.28. The van der Waals surface area contributed by atoms with Gasteiger partial charge in [-0.05, 0) is 36.6 Å². The molecule has 0 amide bonds. The van der Waals surface area contributed by atoms with Crippen LogP contribution in [0.4, 0.5) is 0 Å². The smallest absolute Gasteiger partial charge is 0.0420 e. The molecule has 0 fully saturated rings. The Labute approximate surface area is 104 Å². The van der Waals surface area contributed by atoms with Gasteiger partial charge < -0.3 is 5.73 Å². The van der Waals surface area contributed by atoms with Gasteiger partial charge in [-0.1, -0.05) is 46.6 Å². The van der Waals surface area contributed by atoms with E-state index in [0.717, 1.165) is 22.9 Å². The Hall–Kier alpha value is -0.310. The number of hydrogen-bond acceptors (Lipinski definition) is 1. The zero-order valence-corrected chi connectivity index (χ0v) is 11.1. The third kappa shape index (κ3) is 3.98. The van der Waals surface area contributed by atoms with Gasteiger partial charge in [0.1, 0.15) is 0 Å². The van der Waals surface area contributed by atoms with Gasteiger partial charge in [0.2, 0.25) is 0 Å². The van der Waals surface area contributed by atoms with Crippen molar-refractivity contribution in [3.8, 4) is 0 Å². The zero-order valence-electron chi connectivity index (χ0n) is 8.76. The summed E-state index contributed by atoms with van der Waals surface area (Å²) >= 11 is 9.36. The number of benzene rings is 1. The van der Waals surface area contributed by atoms with Gasteiger partial charge in [-0.2, -0.15) is 0 Å². The molecule has 0 radical (unpaired) electrons. The molecule has 0 aromatic heterocycles. The minimum Gasteiger partial charge on any atom is -0.324 e. The van der Waals surface area contributed by atoms with Crippen LogP contribution in [0, 0.1) is 0 Å². The van der Waals surface area contributed by atoms with Gasteiger partial charge in [0.05, 0.1) is 0 Å². The molecule has 1 unspecified atom stereocenters. The molecular weight excluding hydrogens is 273 g/mol. The summed E-state index contributed by atoms with van der Waals surface area (Å²) < 4.78 is 0.961. The SMILES string of the molecule is C=C(CC)CC(N)c1cc(Cl)cc(Br)c1. The summed E-state index contributed by atoms with van der Waals surface area (Å²) in [4.78, 5) is 0. The van der Waals surface area contributed by atoms with E-state index in [4.69, 9.17) is 17.3 Å². The molecule has 15 heavy (non-hydrogen) atoms. The van der Waals surface area contributed by atoms with Crippen LogP contribution in [0.5, 0.6) is 0 Å². The van der Waals surface area contributed by atoms with Crippen molar-refractivity contribution in [1.82, 2.24) is 0 Å². The van der Waals surface area contributed by atoms with Crippen LogP contribution >= 0.6 is 27.5 Å². The van der Waals surface area contributed by atoms with Crippen LogP contribution in [0.2, 0.25) is 5.02 Å². The van der Waals surface area contributed by atoms with Gasteiger partial charge >= 0.3 is 0 Å². The van der Waals surface area contributed by atoms with Crippen LogP contribution in [0.1, 0.15) is 31.4 Å². The molecule has 1 atom stereocenters. The molecule has 0 saturated heterocycles. The van der Waals surface area contributed by atoms with E-state index in [-0.39, 0.29) is 6.04 Å². The summed E-state index contributed by atoms with van der Waals surface area (Å²) in [5, 5.41) is 0.705. The van der Waals surface area contributed by atoms with Crippen LogP contribution in [0.25, 0.3) is 0 Å². The minimum absolute atomic E-state index is 0.0209. The van der Waals surface area contributed by atoms with Crippen LogP contribution in [0.15, 0.2) is 34.8 Å². The summed E-state index contributed by atoms with van der Waals surface area (Å²) in [6.07, 6.45) is 1.78. The first-order valence-corrected chi connectivity index (χ1v) is 6.08. The normalized spacial score (nSPS) is 12.5. The summed E-state index contributed by atoms with van der Waals surface area (Å²) in [6, 6.07) is 5.73. The van der Waals surface area contributed by atoms with Gasteiger partial charge in [0.25, 0.3) is 0 Å². The zero-order chi connectivity index (χ0) is 11.4. The lowest BCUT2D eigenvalue weighted by molar-refractivity contribution is 0.701. The predicted molar refractivity (Wildman–Crippen MR) is 70.1 cm³/mol. The Morgan fingerprint density at radius 1 is 1.53 bits per heavy atom. The molecule has 3 heteroatoms. The molecule has 0 saturated carbocycles. The second-order valence-corrected chi connectivity index (χ2v) is 4.97. The highest BCUT2D eigenvalue weighted by molar-refractivity contribution is 9.10. The van der Waals surface area contributed by atoms with Crippen LogP contribution in [-0.2, 0) is 0 Å². The van der Waals surface area contributed by atoms with Gasteiger partial charge in [0.15, 0.2) is 0 Å². The van der Waals surface area contributed by atoms with E-state index in [9.17, 15) is 0 Å². The second-order valence-electron chi connectivity index (χ2n) is 3.62. The van der Waals surface area contributed by atoms with Crippen LogP contribution < -0.4 is 5.73 Å². The van der Waals surface area contributed by atoms with Gasteiger partial charge in [-0.15, -0.1) is 0 Å². The first-order valence-electron chi connectivity index (χ1n) is 4.91. The molecule has 1 aromatic carbocycles. The van der Waals surface area contributed by atoms with E-state index < -0.39 is 0 Å². The Morgan fingerprint density at radius 2 is 2.20 bits per heavy atom. The maximum atomic E-state index is 6.07. The van der Waals surface area contributed by atoms with E-state index in [1.165, 1.54) is 5.57 Å². The molecular formula is C12H15BrClN. The van der Waals surface area contributed by atoms with E-state index in [2.05, 4.69) is 29.4 Å². The summed E-state index contributed by atoms with van der Waals surface area (Å²) in [6.45, 7) is 6.05. The average molecular weight is 289 g/mol. The monoisotopic (exact) mass is 287 g/mol. The number of halogens is 2. The molecule has 1 nitrogen and oxygen atoms in total. The quantitative estimate of drug-likeness (QED) is 0.813. The average Bonchev–Trinajstić information content (AvgIpc) is 2.16. The van der Waals surface area contributed by atoms with Gasteiger partial charge in [0, 0.05) is 15.5 Å². The van der Waals surface area contributed by atoms with Crippen molar-refractivity contribution in [3.63, 3.8) is 0 Å². The number of rotatable bonds is 4. The molecule has 0 aliphatic rings. The Bertz CT molecular complexity index is 342. The third-order valence-electron chi connectivity index (χ3n) is 2.32. The molecule has 1 aromatic rings. The van der Waals surface area contributed by atoms with Crippen LogP contribution in [-0.4, -0.2) is 0 Å². The largest absolute Gasteiger partial charge is 0.324 e. The molecule has 82 valence electrons. The highest BCUT2D eigenvalue weighted by atomic mass is 79.9. The lowest BCUT2D eigenvalue weighted by atomic mass is 9.99. The highest BCUT2D eigenvalue weighted by Gasteiger charge is 2.08. The first-order chi connectivity index (χ1) is 7.02. The van der Waals surface area contributed by atoms with Crippen LogP contribution in [0.3, 0.4) is 0 Å². The van der Waals surface area contributed by atoms with Crippen molar-refractivity contribution in [2.24, 2.45) is 5.73 Å². The van der Waals surface area contributed by atoms with E-state index >= 15 is 0 Å². The Kier molecular flexibility index (Phi) is 4.84. The molecule has 0 spiro atoms. The summed E-state index contributed by atoms with van der Waals surface area (Å²) in [7, 11) is 0. The molecule has 1 rings (SSSR count). The molecule has 0 aliphatic carbocycles. The number of nitrogens with two attached hydrogens (primary N) is 1. The maximum Gasteiger partial charge on any atom is 0.0420 e. The van der Waals surface area contributed by atoms with E-state index in [0.29, 0.717) is 5.02 Å².